The molecule has 0 aliphatic rings. The number of carbonyl (C=O) groups is 1. The molecule has 0 fully saturated rings. The predicted octanol–water partition coefficient (Wildman–Crippen LogP) is 1.23. The number of hydrogen-bond donors (Lipinski definition) is 2. The number of hydrogen-bond acceptors (Lipinski definition) is 7. The molecule has 170 valence electrons. The van der Waals surface area contributed by atoms with Gasteiger partial charge in [0.05, 0.1) is 13.7 Å². The standard InChI is InChI=1S/C21H30N4O6/c1-13(2)12-25-18(22)17(19(26)23-21(25)28)24(10-11-29-4)20(27)14(3)31-16-8-6-15(30-5)7-9-16/h6-9,13-14H,10-12,22H2,1-5H3,(H,23,26,28). The Bertz CT molecular complexity index is 996. The summed E-state index contributed by atoms with van der Waals surface area (Å²) in [7, 11) is 3.03. The minimum atomic E-state index is -0.936. The van der Waals surface area contributed by atoms with E-state index in [1.54, 1.807) is 38.3 Å². The summed E-state index contributed by atoms with van der Waals surface area (Å²) in [6.07, 6.45) is -0.936. The molecular formula is C21H30N4O6. The fourth-order valence-electron chi connectivity index (χ4n) is 3.03. The average molecular weight is 434 g/mol. The molecule has 3 N–H and O–H groups in total. The van der Waals surface area contributed by atoms with Crippen LogP contribution in [-0.2, 0) is 16.1 Å². The lowest BCUT2D eigenvalue weighted by Crippen LogP contribution is -2.47. The minimum Gasteiger partial charge on any atom is -0.497 e. The molecular weight excluding hydrogens is 404 g/mol. The number of methoxy groups -OCH3 is 2. The second kappa shape index (κ2) is 10.7. The molecule has 0 saturated heterocycles. The van der Waals surface area contributed by atoms with Crippen LogP contribution in [-0.4, -0.2) is 48.9 Å². The molecule has 0 spiro atoms. The molecule has 0 aliphatic heterocycles. The third-order valence-electron chi connectivity index (χ3n) is 4.54. The van der Waals surface area contributed by atoms with E-state index in [-0.39, 0.29) is 30.6 Å². The maximum atomic E-state index is 13.2. The van der Waals surface area contributed by atoms with Crippen LogP contribution in [0.1, 0.15) is 20.8 Å². The van der Waals surface area contributed by atoms with Gasteiger partial charge in [0.2, 0.25) is 0 Å². The Morgan fingerprint density at radius 3 is 2.29 bits per heavy atom. The lowest BCUT2D eigenvalue weighted by molar-refractivity contribution is -0.124. The van der Waals surface area contributed by atoms with Gasteiger partial charge >= 0.3 is 5.69 Å². The first-order valence-electron chi connectivity index (χ1n) is 9.93. The van der Waals surface area contributed by atoms with E-state index < -0.39 is 23.3 Å². The molecule has 0 radical (unpaired) electrons. The van der Waals surface area contributed by atoms with Crippen LogP contribution >= 0.6 is 0 Å². The van der Waals surface area contributed by atoms with Gasteiger partial charge in [0, 0.05) is 20.2 Å². The number of benzene rings is 1. The number of aromatic amines is 1. The smallest absolute Gasteiger partial charge is 0.330 e. The van der Waals surface area contributed by atoms with E-state index in [1.165, 1.54) is 16.6 Å². The van der Waals surface area contributed by atoms with Gasteiger partial charge in [0.25, 0.3) is 11.5 Å². The highest BCUT2D eigenvalue weighted by Gasteiger charge is 2.29. The maximum absolute atomic E-state index is 13.2. The highest BCUT2D eigenvalue weighted by atomic mass is 16.5. The number of aromatic nitrogens is 2. The van der Waals surface area contributed by atoms with Crippen molar-refractivity contribution in [1.82, 2.24) is 9.55 Å². The van der Waals surface area contributed by atoms with Crippen LogP contribution in [0.5, 0.6) is 11.5 Å². The van der Waals surface area contributed by atoms with Gasteiger partial charge in [-0.1, -0.05) is 13.8 Å². The van der Waals surface area contributed by atoms with Gasteiger partial charge in [-0.25, -0.2) is 4.79 Å². The number of ether oxygens (including phenoxy) is 3. The number of amides is 1. The molecule has 2 aromatic rings. The Morgan fingerprint density at radius 1 is 1.13 bits per heavy atom. The van der Waals surface area contributed by atoms with Crippen molar-refractivity contribution in [3.8, 4) is 11.5 Å². The number of anilines is 2. The first kappa shape index (κ1) is 24.0. The molecule has 2 rings (SSSR count). The monoisotopic (exact) mass is 434 g/mol. The molecule has 10 heteroatoms. The zero-order valence-corrected chi connectivity index (χ0v) is 18.5. The fraction of sp³-hybridized carbons (Fsp3) is 0.476. The fourth-order valence-corrected chi connectivity index (χ4v) is 3.03. The summed E-state index contributed by atoms with van der Waals surface area (Å²) in [5.74, 6) is 0.627. The van der Waals surface area contributed by atoms with Crippen molar-refractivity contribution >= 4 is 17.4 Å². The summed E-state index contributed by atoms with van der Waals surface area (Å²) in [4.78, 5) is 41.5. The second-order valence-electron chi connectivity index (χ2n) is 7.42. The topological polar surface area (TPSA) is 129 Å². The number of nitrogens with zero attached hydrogens (tertiary/aromatic N) is 2. The third-order valence-corrected chi connectivity index (χ3v) is 4.54. The van der Waals surface area contributed by atoms with Gasteiger partial charge in [-0.15, -0.1) is 0 Å². The summed E-state index contributed by atoms with van der Waals surface area (Å²) >= 11 is 0. The summed E-state index contributed by atoms with van der Waals surface area (Å²) in [5.41, 5.74) is 4.71. The van der Waals surface area contributed by atoms with E-state index in [2.05, 4.69) is 4.98 Å². The molecule has 0 saturated carbocycles. The zero-order valence-electron chi connectivity index (χ0n) is 18.5. The van der Waals surface area contributed by atoms with Crippen molar-refractivity contribution in [2.75, 3.05) is 38.0 Å². The molecule has 1 aromatic heterocycles. The van der Waals surface area contributed by atoms with E-state index >= 15 is 0 Å². The zero-order chi connectivity index (χ0) is 23.1. The Morgan fingerprint density at radius 2 is 1.74 bits per heavy atom. The summed E-state index contributed by atoms with van der Waals surface area (Å²) in [5, 5.41) is 0. The van der Waals surface area contributed by atoms with Crippen molar-refractivity contribution in [2.24, 2.45) is 5.92 Å². The average Bonchev–Trinajstić information content (AvgIpc) is 2.73. The highest BCUT2D eigenvalue weighted by Crippen LogP contribution is 2.22. The van der Waals surface area contributed by atoms with Gasteiger partial charge in [0.15, 0.2) is 11.8 Å². The van der Waals surface area contributed by atoms with E-state index in [9.17, 15) is 14.4 Å². The van der Waals surface area contributed by atoms with Gasteiger partial charge in [-0.2, -0.15) is 0 Å². The quantitative estimate of drug-likeness (QED) is 0.575. The molecule has 1 heterocycles. The predicted molar refractivity (Wildman–Crippen MR) is 118 cm³/mol. The van der Waals surface area contributed by atoms with Crippen molar-refractivity contribution < 1.29 is 19.0 Å². The van der Waals surface area contributed by atoms with E-state index in [0.717, 1.165) is 0 Å². The number of nitrogens with one attached hydrogen (secondary N) is 1. The Balaban J connectivity index is 2.41. The van der Waals surface area contributed by atoms with Gasteiger partial charge in [-0.05, 0) is 37.1 Å². The Kier molecular flexibility index (Phi) is 8.26. The van der Waals surface area contributed by atoms with E-state index in [0.29, 0.717) is 18.0 Å². The van der Waals surface area contributed by atoms with Crippen LogP contribution in [0.2, 0.25) is 0 Å². The number of nitrogens with two attached hydrogens (primary N) is 1. The van der Waals surface area contributed by atoms with Gasteiger partial charge in [-0.3, -0.25) is 24.0 Å². The third kappa shape index (κ3) is 5.88. The molecule has 10 nitrogen and oxygen atoms in total. The van der Waals surface area contributed by atoms with Crippen LogP contribution in [0.25, 0.3) is 0 Å². The van der Waals surface area contributed by atoms with Crippen molar-refractivity contribution in [2.45, 2.75) is 33.4 Å². The Labute approximate surface area is 180 Å². The van der Waals surface area contributed by atoms with Crippen LogP contribution < -0.4 is 31.4 Å². The highest BCUT2D eigenvalue weighted by molar-refractivity contribution is 5.98. The largest absolute Gasteiger partial charge is 0.497 e. The molecule has 1 atom stereocenters. The molecule has 1 unspecified atom stereocenters. The summed E-state index contributed by atoms with van der Waals surface area (Å²) in [6, 6.07) is 6.76. The van der Waals surface area contributed by atoms with Gasteiger partial charge in [0.1, 0.15) is 17.3 Å². The van der Waals surface area contributed by atoms with E-state index in [1.807, 2.05) is 13.8 Å². The first-order chi connectivity index (χ1) is 14.7. The maximum Gasteiger partial charge on any atom is 0.330 e. The molecule has 0 aliphatic carbocycles. The summed E-state index contributed by atoms with van der Waals surface area (Å²) in [6.45, 7) is 5.89. The lowest BCUT2D eigenvalue weighted by Gasteiger charge is -2.27. The van der Waals surface area contributed by atoms with E-state index in [4.69, 9.17) is 19.9 Å². The number of carbonyl (C=O) groups excluding carboxylic acids is 1. The normalized spacial score (nSPS) is 11.9. The molecule has 1 amide bonds. The van der Waals surface area contributed by atoms with Crippen LogP contribution in [0.4, 0.5) is 11.5 Å². The minimum absolute atomic E-state index is 0.0544. The number of rotatable bonds is 10. The number of H-pyrrole nitrogens is 1. The first-order valence-corrected chi connectivity index (χ1v) is 9.93. The van der Waals surface area contributed by atoms with Crippen LogP contribution in [0.3, 0.4) is 0 Å². The van der Waals surface area contributed by atoms with Gasteiger partial charge < -0.3 is 19.9 Å². The van der Waals surface area contributed by atoms with Crippen molar-refractivity contribution in [1.29, 1.82) is 0 Å². The second-order valence-corrected chi connectivity index (χ2v) is 7.42. The SMILES string of the molecule is COCCN(C(=O)C(C)Oc1ccc(OC)cc1)c1c(N)n(CC(C)C)c(=O)[nH]c1=O. The molecule has 0 bridgehead atoms. The summed E-state index contributed by atoms with van der Waals surface area (Å²) < 4.78 is 17.2. The molecule has 1 aromatic carbocycles. The van der Waals surface area contributed by atoms with Crippen molar-refractivity contribution in [3.63, 3.8) is 0 Å². The van der Waals surface area contributed by atoms with Crippen molar-refractivity contribution in [3.05, 3.63) is 45.1 Å². The molecule has 31 heavy (non-hydrogen) atoms. The number of nitrogen functional groups attached to an aromatic ring is 1. The lowest BCUT2D eigenvalue weighted by atomic mass is 10.2. The Hall–Kier alpha value is -3.27. The van der Waals surface area contributed by atoms with Crippen LogP contribution in [0, 0.1) is 5.92 Å². The van der Waals surface area contributed by atoms with Crippen LogP contribution in [0.15, 0.2) is 33.9 Å².